The molecule has 3 aromatic carbocycles. The number of ether oxygens (including phenoxy) is 1. The van der Waals surface area contributed by atoms with Crippen LogP contribution < -0.4 is 10.2 Å². The second-order valence-electron chi connectivity index (χ2n) is 7.09. The first kappa shape index (κ1) is 22.3. The molecule has 0 bridgehead atoms. The fourth-order valence-corrected chi connectivity index (χ4v) is 3.90. The highest BCUT2D eigenvalue weighted by Gasteiger charge is 2.17. The summed E-state index contributed by atoms with van der Waals surface area (Å²) >= 11 is 1.31. The van der Waals surface area contributed by atoms with E-state index in [4.69, 9.17) is 4.74 Å². The SMILES string of the molecule is COc1ccc(C(C)=NNC(=O)CSc2nnc(-c3ccccc3)n2-c2ccccc2)cc1. The zero-order chi connectivity index (χ0) is 23.0. The molecule has 0 aliphatic carbocycles. The monoisotopic (exact) mass is 457 g/mol. The summed E-state index contributed by atoms with van der Waals surface area (Å²) in [7, 11) is 1.62. The lowest BCUT2D eigenvalue weighted by molar-refractivity contribution is -0.118. The first-order valence-electron chi connectivity index (χ1n) is 10.3. The number of nitrogens with zero attached hydrogens (tertiary/aromatic N) is 4. The van der Waals surface area contributed by atoms with E-state index in [2.05, 4.69) is 20.7 Å². The highest BCUT2D eigenvalue weighted by Crippen LogP contribution is 2.27. The average molecular weight is 458 g/mol. The van der Waals surface area contributed by atoms with Gasteiger partial charge in [0.15, 0.2) is 11.0 Å². The molecule has 0 unspecified atom stereocenters. The van der Waals surface area contributed by atoms with E-state index >= 15 is 0 Å². The molecule has 0 atom stereocenters. The molecule has 33 heavy (non-hydrogen) atoms. The topological polar surface area (TPSA) is 81.4 Å². The lowest BCUT2D eigenvalue weighted by atomic mass is 10.1. The van der Waals surface area contributed by atoms with Gasteiger partial charge in [0.2, 0.25) is 0 Å². The van der Waals surface area contributed by atoms with E-state index in [1.165, 1.54) is 11.8 Å². The molecule has 0 radical (unpaired) electrons. The van der Waals surface area contributed by atoms with E-state index in [9.17, 15) is 4.79 Å². The van der Waals surface area contributed by atoms with Crippen molar-refractivity contribution in [1.82, 2.24) is 20.2 Å². The second-order valence-corrected chi connectivity index (χ2v) is 8.04. The Kier molecular flexibility index (Phi) is 7.16. The number of aromatic nitrogens is 3. The first-order chi connectivity index (χ1) is 16.2. The van der Waals surface area contributed by atoms with Gasteiger partial charge in [0.25, 0.3) is 5.91 Å². The number of thioether (sulfide) groups is 1. The van der Waals surface area contributed by atoms with Crippen molar-refractivity contribution in [2.75, 3.05) is 12.9 Å². The van der Waals surface area contributed by atoms with Gasteiger partial charge < -0.3 is 4.74 Å². The van der Waals surface area contributed by atoms with Crippen molar-refractivity contribution in [3.8, 4) is 22.8 Å². The molecule has 166 valence electrons. The third-order valence-corrected chi connectivity index (χ3v) is 5.80. The Morgan fingerprint density at radius 3 is 2.30 bits per heavy atom. The van der Waals surface area contributed by atoms with E-state index in [1.54, 1.807) is 7.11 Å². The number of carbonyl (C=O) groups excluding carboxylic acids is 1. The zero-order valence-electron chi connectivity index (χ0n) is 18.3. The smallest absolute Gasteiger partial charge is 0.250 e. The van der Waals surface area contributed by atoms with Gasteiger partial charge in [-0.25, -0.2) is 5.43 Å². The Labute approximate surface area is 196 Å². The molecule has 4 rings (SSSR count). The zero-order valence-corrected chi connectivity index (χ0v) is 19.1. The Hall–Kier alpha value is -3.91. The Balaban J connectivity index is 1.48. The van der Waals surface area contributed by atoms with Gasteiger partial charge in [0.05, 0.1) is 18.6 Å². The van der Waals surface area contributed by atoms with E-state index in [-0.39, 0.29) is 11.7 Å². The van der Waals surface area contributed by atoms with Gasteiger partial charge in [-0.3, -0.25) is 9.36 Å². The molecule has 1 heterocycles. The molecule has 1 amide bonds. The highest BCUT2D eigenvalue weighted by molar-refractivity contribution is 7.99. The predicted octanol–water partition coefficient (Wildman–Crippen LogP) is 4.58. The quantitative estimate of drug-likeness (QED) is 0.238. The average Bonchev–Trinajstić information content (AvgIpc) is 3.31. The Morgan fingerprint density at radius 1 is 0.970 bits per heavy atom. The largest absolute Gasteiger partial charge is 0.497 e. The third-order valence-electron chi connectivity index (χ3n) is 4.87. The Bertz CT molecular complexity index is 1240. The summed E-state index contributed by atoms with van der Waals surface area (Å²) in [5.74, 6) is 1.42. The van der Waals surface area contributed by atoms with Crippen molar-refractivity contribution in [2.24, 2.45) is 5.10 Å². The lowest BCUT2D eigenvalue weighted by Gasteiger charge is -2.10. The molecule has 0 fully saturated rings. The minimum Gasteiger partial charge on any atom is -0.497 e. The molecule has 1 N–H and O–H groups in total. The van der Waals surface area contributed by atoms with Gasteiger partial charge in [0, 0.05) is 11.3 Å². The molecule has 8 heteroatoms. The van der Waals surface area contributed by atoms with Crippen LogP contribution in [0.25, 0.3) is 17.1 Å². The van der Waals surface area contributed by atoms with Crippen molar-refractivity contribution in [1.29, 1.82) is 0 Å². The predicted molar refractivity (Wildman–Crippen MR) is 131 cm³/mol. The number of rotatable bonds is 8. The first-order valence-corrected chi connectivity index (χ1v) is 11.3. The van der Waals surface area contributed by atoms with Crippen LogP contribution in [0.15, 0.2) is 95.2 Å². The van der Waals surface area contributed by atoms with E-state index in [0.29, 0.717) is 10.9 Å². The van der Waals surface area contributed by atoms with Crippen molar-refractivity contribution >= 4 is 23.4 Å². The number of hydrazone groups is 1. The summed E-state index contributed by atoms with van der Waals surface area (Å²) in [6.45, 7) is 1.84. The van der Waals surface area contributed by atoms with Crippen LogP contribution >= 0.6 is 11.8 Å². The highest BCUT2D eigenvalue weighted by atomic mass is 32.2. The van der Waals surface area contributed by atoms with Crippen molar-refractivity contribution < 1.29 is 9.53 Å². The molecular formula is C25H23N5O2S. The van der Waals surface area contributed by atoms with Crippen LogP contribution in [0, 0.1) is 0 Å². The number of amides is 1. The molecule has 1 aromatic heterocycles. The van der Waals surface area contributed by atoms with Crippen LogP contribution in [-0.2, 0) is 4.79 Å². The van der Waals surface area contributed by atoms with Crippen LogP contribution in [0.3, 0.4) is 0 Å². The normalized spacial score (nSPS) is 11.3. The van der Waals surface area contributed by atoms with Crippen LogP contribution in [0.4, 0.5) is 0 Å². The van der Waals surface area contributed by atoms with Gasteiger partial charge in [-0.05, 0) is 48.9 Å². The molecule has 0 spiro atoms. The number of hydrogen-bond donors (Lipinski definition) is 1. The van der Waals surface area contributed by atoms with Gasteiger partial charge in [-0.2, -0.15) is 5.10 Å². The molecule has 7 nitrogen and oxygen atoms in total. The van der Waals surface area contributed by atoms with Crippen LogP contribution in [0.5, 0.6) is 5.75 Å². The summed E-state index contributed by atoms with van der Waals surface area (Å²) < 4.78 is 7.12. The van der Waals surface area contributed by atoms with Crippen LogP contribution in [-0.4, -0.2) is 39.2 Å². The number of methoxy groups -OCH3 is 1. The van der Waals surface area contributed by atoms with Crippen molar-refractivity contribution in [3.05, 3.63) is 90.5 Å². The standard InChI is InChI=1S/C25H23N5O2S/c1-18(19-13-15-22(32-2)16-14-19)26-27-23(31)17-33-25-29-28-24(20-9-5-3-6-10-20)30(25)21-11-7-4-8-12-21/h3-16H,17H2,1-2H3,(H,27,31). The van der Waals surface area contributed by atoms with E-state index < -0.39 is 0 Å². The molecule has 0 saturated carbocycles. The van der Waals surface area contributed by atoms with Gasteiger partial charge in [-0.15, -0.1) is 10.2 Å². The number of para-hydroxylation sites is 1. The van der Waals surface area contributed by atoms with Crippen LogP contribution in [0.2, 0.25) is 0 Å². The van der Waals surface area contributed by atoms with Crippen molar-refractivity contribution in [3.63, 3.8) is 0 Å². The number of carbonyl (C=O) groups is 1. The fraction of sp³-hybridized carbons (Fsp3) is 0.120. The summed E-state index contributed by atoms with van der Waals surface area (Å²) in [4.78, 5) is 12.5. The minimum atomic E-state index is -0.225. The molecule has 0 aliphatic rings. The molecule has 0 aliphatic heterocycles. The van der Waals surface area contributed by atoms with Gasteiger partial charge in [0.1, 0.15) is 5.75 Å². The molecular weight excluding hydrogens is 434 g/mol. The van der Waals surface area contributed by atoms with E-state index in [0.717, 1.165) is 28.4 Å². The maximum absolute atomic E-state index is 12.5. The van der Waals surface area contributed by atoms with Gasteiger partial charge in [-0.1, -0.05) is 60.3 Å². The third kappa shape index (κ3) is 5.48. The van der Waals surface area contributed by atoms with Crippen molar-refractivity contribution in [2.45, 2.75) is 12.1 Å². The number of hydrogen-bond acceptors (Lipinski definition) is 6. The maximum Gasteiger partial charge on any atom is 0.250 e. The second kappa shape index (κ2) is 10.6. The van der Waals surface area contributed by atoms with Crippen LogP contribution in [0.1, 0.15) is 12.5 Å². The number of benzene rings is 3. The molecule has 4 aromatic rings. The number of nitrogens with one attached hydrogen (secondary N) is 1. The molecule has 0 saturated heterocycles. The fourth-order valence-electron chi connectivity index (χ4n) is 3.15. The van der Waals surface area contributed by atoms with Gasteiger partial charge >= 0.3 is 0 Å². The minimum absolute atomic E-state index is 0.152. The summed E-state index contributed by atoms with van der Waals surface area (Å²) in [6.07, 6.45) is 0. The Morgan fingerprint density at radius 2 is 1.64 bits per heavy atom. The summed E-state index contributed by atoms with van der Waals surface area (Å²) in [6, 6.07) is 27.2. The summed E-state index contributed by atoms with van der Waals surface area (Å²) in [5.41, 5.74) is 6.10. The maximum atomic E-state index is 12.5. The summed E-state index contributed by atoms with van der Waals surface area (Å²) in [5, 5.41) is 13.6. The van der Waals surface area contributed by atoms with E-state index in [1.807, 2.05) is 96.4 Å². The lowest BCUT2D eigenvalue weighted by Crippen LogP contribution is -2.21.